The second-order valence-electron chi connectivity index (χ2n) is 8.90. The van der Waals surface area contributed by atoms with E-state index in [0.717, 1.165) is 0 Å². The van der Waals surface area contributed by atoms with Crippen molar-refractivity contribution < 1.29 is 33.2 Å². The topological polar surface area (TPSA) is 152 Å². The molecule has 12 heteroatoms. The van der Waals surface area contributed by atoms with Crippen molar-refractivity contribution in [1.82, 2.24) is 21.1 Å². The summed E-state index contributed by atoms with van der Waals surface area (Å²) in [5.41, 5.74) is -0.853. The molecule has 11 nitrogen and oxygen atoms in total. The van der Waals surface area contributed by atoms with E-state index in [4.69, 9.17) is 14.0 Å². The highest BCUT2D eigenvalue weighted by Gasteiger charge is 2.50. The number of ether oxygens (including phenoxy) is 2. The number of hydrogen-bond donors (Lipinski definition) is 3. The Labute approximate surface area is 203 Å². The van der Waals surface area contributed by atoms with Gasteiger partial charge in [-0.2, -0.15) is 11.8 Å². The van der Waals surface area contributed by atoms with Crippen LogP contribution in [0.3, 0.4) is 0 Å². The van der Waals surface area contributed by atoms with Crippen molar-refractivity contribution in [3.05, 3.63) is 17.5 Å². The van der Waals surface area contributed by atoms with Crippen molar-refractivity contribution in [2.75, 3.05) is 32.3 Å². The van der Waals surface area contributed by atoms with Gasteiger partial charge in [0.15, 0.2) is 11.5 Å². The Kier molecular flexibility index (Phi) is 10.1. The molecule has 2 rings (SSSR count). The van der Waals surface area contributed by atoms with Crippen LogP contribution in [0.2, 0.25) is 0 Å². The molecule has 3 N–H and O–H groups in total. The van der Waals surface area contributed by atoms with E-state index in [1.807, 2.05) is 13.8 Å². The summed E-state index contributed by atoms with van der Waals surface area (Å²) in [5.74, 6) is -1.01. The number of nitrogens with zero attached hydrogens (tertiary/aromatic N) is 1. The van der Waals surface area contributed by atoms with Crippen molar-refractivity contribution in [2.24, 2.45) is 5.92 Å². The van der Waals surface area contributed by atoms with Crippen LogP contribution in [0.1, 0.15) is 43.4 Å². The van der Waals surface area contributed by atoms with E-state index in [0.29, 0.717) is 18.8 Å². The van der Waals surface area contributed by atoms with Gasteiger partial charge in [0.2, 0.25) is 11.8 Å². The molecule has 1 aliphatic heterocycles. The molecule has 0 saturated carbocycles. The summed E-state index contributed by atoms with van der Waals surface area (Å²) < 4.78 is 15.2. The minimum atomic E-state index is -1.07. The number of ketones is 1. The minimum Gasteiger partial charge on any atom is -0.382 e. The summed E-state index contributed by atoms with van der Waals surface area (Å²) in [6.45, 7) is 7.46. The van der Waals surface area contributed by atoms with E-state index in [1.54, 1.807) is 20.1 Å². The standard InChI is InChI=1S/C22H34N4O7S/c1-12(2)7-14(18(27)22(4)11-32-22)23-21(30)17(10-34-6)25-20(29)16(9-31-5)24-19(28)15-8-13(3)33-26-15/h8,12,14,16-17H,7,9-11H2,1-6H3,(H,23,30)(H,24,28)(H,25,29)/t14-,16-,17+,22+/m0/s1. The highest BCUT2D eigenvalue weighted by atomic mass is 32.2. The lowest BCUT2D eigenvalue weighted by atomic mass is 9.93. The van der Waals surface area contributed by atoms with Crippen LogP contribution in [0.25, 0.3) is 0 Å². The Balaban J connectivity index is 2.08. The Morgan fingerprint density at radius 3 is 2.26 bits per heavy atom. The first-order chi connectivity index (χ1) is 16.0. The Hall–Kier alpha value is -2.44. The molecule has 1 fully saturated rings. The quantitative estimate of drug-likeness (QED) is 0.311. The molecule has 190 valence electrons. The first-order valence-electron chi connectivity index (χ1n) is 11.0. The number of Topliss-reactive ketones (excluding diaryl/α,β-unsaturated/α-hetero) is 1. The summed E-state index contributed by atoms with van der Waals surface area (Å²) in [7, 11) is 1.39. The normalized spacial score (nSPS) is 19.7. The van der Waals surface area contributed by atoms with Crippen LogP contribution >= 0.6 is 11.8 Å². The van der Waals surface area contributed by atoms with Crippen LogP contribution in [0.15, 0.2) is 10.6 Å². The number of aromatic nitrogens is 1. The lowest BCUT2D eigenvalue weighted by Crippen LogP contribution is -2.58. The predicted octanol–water partition coefficient (Wildman–Crippen LogP) is 0.465. The number of methoxy groups -OCH3 is 1. The van der Waals surface area contributed by atoms with E-state index in [2.05, 4.69) is 21.1 Å². The van der Waals surface area contributed by atoms with Gasteiger partial charge in [-0.15, -0.1) is 0 Å². The highest BCUT2D eigenvalue weighted by Crippen LogP contribution is 2.29. The van der Waals surface area contributed by atoms with Gasteiger partial charge >= 0.3 is 0 Å². The van der Waals surface area contributed by atoms with Crippen molar-refractivity contribution in [1.29, 1.82) is 0 Å². The number of epoxide rings is 1. The molecule has 0 aliphatic carbocycles. The van der Waals surface area contributed by atoms with E-state index in [9.17, 15) is 19.2 Å². The smallest absolute Gasteiger partial charge is 0.274 e. The molecule has 4 atom stereocenters. The molecule has 0 bridgehead atoms. The lowest BCUT2D eigenvalue weighted by molar-refractivity contribution is -0.133. The summed E-state index contributed by atoms with van der Waals surface area (Å²) in [6, 6.07) is -1.29. The van der Waals surface area contributed by atoms with Crippen LogP contribution in [-0.2, 0) is 23.9 Å². The van der Waals surface area contributed by atoms with Crippen molar-refractivity contribution >= 4 is 35.3 Å². The first-order valence-corrected chi connectivity index (χ1v) is 12.4. The molecule has 1 aromatic rings. The zero-order chi connectivity index (χ0) is 25.5. The summed E-state index contributed by atoms with van der Waals surface area (Å²) in [6.07, 6.45) is 2.24. The fourth-order valence-corrected chi connectivity index (χ4v) is 3.84. The lowest BCUT2D eigenvalue weighted by Gasteiger charge is -2.26. The maximum absolute atomic E-state index is 13.1. The maximum atomic E-state index is 13.1. The molecule has 1 aromatic heterocycles. The van der Waals surface area contributed by atoms with E-state index in [-0.39, 0.29) is 29.8 Å². The van der Waals surface area contributed by atoms with Gasteiger partial charge in [-0.05, 0) is 32.4 Å². The second-order valence-corrected chi connectivity index (χ2v) is 9.81. The van der Waals surface area contributed by atoms with Gasteiger partial charge in [-0.1, -0.05) is 19.0 Å². The third-order valence-corrected chi connectivity index (χ3v) is 5.89. The zero-order valence-corrected chi connectivity index (χ0v) is 21.2. The molecule has 2 heterocycles. The molecule has 0 spiro atoms. The van der Waals surface area contributed by atoms with Crippen LogP contribution in [0.5, 0.6) is 0 Å². The van der Waals surface area contributed by atoms with Crippen molar-refractivity contribution in [3.63, 3.8) is 0 Å². The molecule has 3 amide bonds. The molecule has 0 aromatic carbocycles. The molecule has 0 unspecified atom stereocenters. The van der Waals surface area contributed by atoms with E-state index < -0.39 is 41.4 Å². The van der Waals surface area contributed by atoms with Crippen molar-refractivity contribution in [2.45, 2.75) is 57.8 Å². The largest absolute Gasteiger partial charge is 0.382 e. The monoisotopic (exact) mass is 498 g/mol. The van der Waals surface area contributed by atoms with Crippen LogP contribution in [0, 0.1) is 12.8 Å². The van der Waals surface area contributed by atoms with Gasteiger partial charge in [0.25, 0.3) is 5.91 Å². The number of aryl methyl sites for hydroxylation is 1. The number of carbonyl (C=O) groups excluding carboxylic acids is 4. The van der Waals surface area contributed by atoms with E-state index >= 15 is 0 Å². The molecule has 34 heavy (non-hydrogen) atoms. The van der Waals surface area contributed by atoms with Crippen molar-refractivity contribution in [3.8, 4) is 0 Å². The van der Waals surface area contributed by atoms with Crippen LogP contribution in [0.4, 0.5) is 0 Å². The number of nitrogens with one attached hydrogen (secondary N) is 3. The van der Waals surface area contributed by atoms with E-state index in [1.165, 1.54) is 24.9 Å². The molecule has 1 aliphatic rings. The molecular formula is C22H34N4O7S. The number of rotatable bonds is 14. The Morgan fingerprint density at radius 2 is 1.76 bits per heavy atom. The van der Waals surface area contributed by atoms with Gasteiger partial charge < -0.3 is 29.9 Å². The van der Waals surface area contributed by atoms with Gasteiger partial charge in [0, 0.05) is 18.9 Å². The number of thioether (sulfide) groups is 1. The van der Waals surface area contributed by atoms with Crippen LogP contribution < -0.4 is 16.0 Å². The summed E-state index contributed by atoms with van der Waals surface area (Å²) in [4.78, 5) is 51.3. The van der Waals surface area contributed by atoms with Gasteiger partial charge in [-0.3, -0.25) is 19.2 Å². The first kappa shape index (κ1) is 27.8. The van der Waals surface area contributed by atoms with Crippen LogP contribution in [-0.4, -0.2) is 84.7 Å². The fraction of sp³-hybridized carbons (Fsp3) is 0.682. The second kappa shape index (κ2) is 12.3. The molecule has 0 radical (unpaired) electrons. The fourth-order valence-electron chi connectivity index (χ4n) is 3.27. The maximum Gasteiger partial charge on any atom is 0.274 e. The average molecular weight is 499 g/mol. The minimum absolute atomic E-state index is 0.0237. The van der Waals surface area contributed by atoms with Gasteiger partial charge in [0.05, 0.1) is 19.3 Å². The Bertz CT molecular complexity index is 884. The average Bonchev–Trinajstić information content (AvgIpc) is 3.37. The number of carbonyl (C=O) groups is 4. The third kappa shape index (κ3) is 7.81. The summed E-state index contributed by atoms with van der Waals surface area (Å²) in [5, 5.41) is 11.6. The predicted molar refractivity (Wildman–Crippen MR) is 125 cm³/mol. The Morgan fingerprint density at radius 1 is 1.15 bits per heavy atom. The number of hydrogen-bond acceptors (Lipinski definition) is 9. The van der Waals surface area contributed by atoms with Gasteiger partial charge in [-0.25, -0.2) is 0 Å². The highest BCUT2D eigenvalue weighted by molar-refractivity contribution is 7.98. The molecular weight excluding hydrogens is 464 g/mol. The number of amides is 3. The third-order valence-electron chi connectivity index (χ3n) is 5.22. The summed E-state index contributed by atoms with van der Waals surface area (Å²) >= 11 is 1.36. The molecule has 1 saturated heterocycles. The van der Waals surface area contributed by atoms with Gasteiger partial charge in [0.1, 0.15) is 23.4 Å². The SMILES string of the molecule is COC[C@H](NC(=O)c1cc(C)on1)C(=O)N[C@H](CSC)C(=O)N[C@@H](CC(C)C)C(=O)[C@@]1(C)CO1. The zero-order valence-electron chi connectivity index (χ0n) is 20.4.